The first-order valence-corrected chi connectivity index (χ1v) is 12.6. The van der Waals surface area contributed by atoms with Crippen LogP contribution < -0.4 is 5.48 Å². The highest BCUT2D eigenvalue weighted by Crippen LogP contribution is 2.30. The minimum absolute atomic E-state index is 0.0238. The van der Waals surface area contributed by atoms with Gasteiger partial charge in [-0.25, -0.2) is 18.2 Å². The lowest BCUT2D eigenvalue weighted by atomic mass is 9.86. The van der Waals surface area contributed by atoms with Gasteiger partial charge in [0, 0.05) is 24.6 Å². The Kier molecular flexibility index (Phi) is 8.01. The number of allylic oxidation sites excluding steroid dienone is 1. The molecule has 168 valence electrons. The number of aromatic nitrogens is 2. The summed E-state index contributed by atoms with van der Waals surface area (Å²) < 4.78 is 30.3. The van der Waals surface area contributed by atoms with Gasteiger partial charge in [-0.3, -0.25) is 10.0 Å². The minimum Gasteiger partial charge on any atom is -0.334 e. The lowest BCUT2D eigenvalue weighted by Gasteiger charge is -2.28. The number of hydrogen-bond donors (Lipinski definition) is 2. The van der Waals surface area contributed by atoms with E-state index >= 15 is 0 Å². The number of nitrogens with one attached hydrogen (secondary N) is 1. The highest BCUT2D eigenvalue weighted by molar-refractivity contribution is 7.88. The van der Waals surface area contributed by atoms with E-state index in [9.17, 15) is 13.2 Å². The molecule has 1 aromatic rings. The SMILES string of the molecule is CS(=O)(=O)N1CCC(c2noc(/C(=C\CCC3CCCCC3)CC(=O)NO)n2)CC1. The average Bonchev–Trinajstić information content (AvgIpc) is 3.23. The maximum atomic E-state index is 11.7. The number of rotatable bonds is 8. The van der Waals surface area contributed by atoms with E-state index in [0.29, 0.717) is 43.2 Å². The lowest BCUT2D eigenvalue weighted by molar-refractivity contribution is -0.128. The van der Waals surface area contributed by atoms with Gasteiger partial charge in [-0.2, -0.15) is 4.98 Å². The second kappa shape index (κ2) is 10.5. The van der Waals surface area contributed by atoms with Crippen LogP contribution >= 0.6 is 0 Å². The molecule has 1 aliphatic heterocycles. The van der Waals surface area contributed by atoms with Crippen molar-refractivity contribution in [3.8, 4) is 0 Å². The third kappa shape index (κ3) is 6.36. The summed E-state index contributed by atoms with van der Waals surface area (Å²) in [6.45, 7) is 0.870. The maximum absolute atomic E-state index is 11.7. The van der Waals surface area contributed by atoms with Crippen LogP contribution in [0.3, 0.4) is 0 Å². The normalized spacial score (nSPS) is 20.4. The van der Waals surface area contributed by atoms with Gasteiger partial charge >= 0.3 is 0 Å². The van der Waals surface area contributed by atoms with Crippen LogP contribution in [0.1, 0.15) is 81.8 Å². The van der Waals surface area contributed by atoms with Crippen LogP contribution in [0.4, 0.5) is 0 Å². The maximum Gasteiger partial charge on any atom is 0.254 e. The van der Waals surface area contributed by atoms with E-state index in [-0.39, 0.29) is 12.3 Å². The van der Waals surface area contributed by atoms with E-state index in [1.807, 2.05) is 6.08 Å². The summed E-state index contributed by atoms with van der Waals surface area (Å²) in [5, 5.41) is 13.0. The van der Waals surface area contributed by atoms with Gasteiger partial charge in [-0.15, -0.1) is 0 Å². The Morgan fingerprint density at radius 1 is 1.23 bits per heavy atom. The number of nitrogens with zero attached hydrogens (tertiary/aromatic N) is 3. The summed E-state index contributed by atoms with van der Waals surface area (Å²) in [6, 6.07) is 0. The highest BCUT2D eigenvalue weighted by Gasteiger charge is 2.29. The number of piperidine rings is 1. The van der Waals surface area contributed by atoms with Gasteiger partial charge in [0.1, 0.15) is 0 Å². The number of carbonyl (C=O) groups is 1. The van der Waals surface area contributed by atoms with Crippen molar-refractivity contribution in [3.05, 3.63) is 17.8 Å². The van der Waals surface area contributed by atoms with Gasteiger partial charge in [-0.1, -0.05) is 43.3 Å². The third-order valence-electron chi connectivity index (χ3n) is 6.17. The van der Waals surface area contributed by atoms with Crippen LogP contribution in [0.2, 0.25) is 0 Å². The zero-order chi connectivity index (χ0) is 21.6. The van der Waals surface area contributed by atoms with E-state index in [4.69, 9.17) is 9.73 Å². The summed E-state index contributed by atoms with van der Waals surface area (Å²) >= 11 is 0. The first-order valence-electron chi connectivity index (χ1n) is 10.8. The Labute approximate surface area is 177 Å². The van der Waals surface area contributed by atoms with E-state index in [2.05, 4.69) is 10.1 Å². The van der Waals surface area contributed by atoms with Gasteiger partial charge in [0.25, 0.3) is 5.89 Å². The Morgan fingerprint density at radius 3 is 2.57 bits per heavy atom. The largest absolute Gasteiger partial charge is 0.334 e. The molecule has 1 aliphatic carbocycles. The summed E-state index contributed by atoms with van der Waals surface area (Å²) in [5.74, 6) is 1.06. The Balaban J connectivity index is 1.64. The van der Waals surface area contributed by atoms with E-state index in [0.717, 1.165) is 18.8 Å². The fourth-order valence-corrected chi connectivity index (χ4v) is 5.27. The van der Waals surface area contributed by atoms with E-state index in [1.165, 1.54) is 42.7 Å². The van der Waals surface area contributed by atoms with Crippen LogP contribution in [-0.2, 0) is 14.8 Å². The highest BCUT2D eigenvalue weighted by atomic mass is 32.2. The molecular weight excluding hydrogens is 408 g/mol. The Bertz CT molecular complexity index is 837. The third-order valence-corrected chi connectivity index (χ3v) is 7.47. The van der Waals surface area contributed by atoms with Crippen LogP contribution in [-0.4, -0.2) is 53.3 Å². The van der Waals surface area contributed by atoms with Crippen LogP contribution in [0.15, 0.2) is 10.6 Å². The van der Waals surface area contributed by atoms with E-state index < -0.39 is 15.9 Å². The molecule has 2 aliphatic rings. The van der Waals surface area contributed by atoms with Crippen molar-refractivity contribution in [2.24, 2.45) is 5.92 Å². The van der Waals surface area contributed by atoms with Crippen molar-refractivity contribution in [1.29, 1.82) is 0 Å². The molecule has 2 fully saturated rings. The molecule has 2 heterocycles. The topological polar surface area (TPSA) is 126 Å². The molecule has 0 bridgehead atoms. The molecular formula is C20H32N4O5S. The molecule has 1 saturated heterocycles. The second-order valence-electron chi connectivity index (χ2n) is 8.42. The summed E-state index contributed by atoms with van der Waals surface area (Å²) in [6.07, 6.45) is 12.7. The molecule has 3 rings (SSSR count). The van der Waals surface area contributed by atoms with Crippen molar-refractivity contribution in [2.75, 3.05) is 19.3 Å². The van der Waals surface area contributed by atoms with Crippen molar-refractivity contribution in [3.63, 3.8) is 0 Å². The molecule has 0 radical (unpaired) electrons. The van der Waals surface area contributed by atoms with Gasteiger partial charge in [0.15, 0.2) is 5.82 Å². The first kappa shape index (κ1) is 22.9. The standard InChI is InChI=1S/C20H32N4O5S/c1-30(27,28)24-12-10-16(11-13-24)19-21-20(29-23-19)17(14-18(25)22-26)9-5-8-15-6-3-2-4-7-15/h9,15-16,26H,2-8,10-14H2,1H3,(H,22,25)/b17-9-. The molecule has 1 saturated carbocycles. The average molecular weight is 441 g/mol. The summed E-state index contributed by atoms with van der Waals surface area (Å²) in [7, 11) is -3.18. The molecule has 0 spiro atoms. The minimum atomic E-state index is -3.18. The lowest BCUT2D eigenvalue weighted by Crippen LogP contribution is -2.37. The van der Waals surface area contributed by atoms with Crippen LogP contribution in [0.25, 0.3) is 5.57 Å². The smallest absolute Gasteiger partial charge is 0.254 e. The number of hydroxylamine groups is 1. The van der Waals surface area contributed by atoms with Gasteiger partial charge < -0.3 is 4.52 Å². The predicted octanol–water partition coefficient (Wildman–Crippen LogP) is 2.85. The molecule has 10 heteroatoms. The van der Waals surface area contributed by atoms with Gasteiger partial charge in [-0.05, 0) is 31.6 Å². The van der Waals surface area contributed by atoms with Crippen molar-refractivity contribution < 1.29 is 22.9 Å². The number of sulfonamides is 1. The molecule has 1 amide bonds. The van der Waals surface area contributed by atoms with Crippen LogP contribution in [0.5, 0.6) is 0 Å². The fraction of sp³-hybridized carbons (Fsp3) is 0.750. The Hall–Kier alpha value is -1.78. The zero-order valence-corrected chi connectivity index (χ0v) is 18.4. The Morgan fingerprint density at radius 2 is 1.93 bits per heavy atom. The van der Waals surface area contributed by atoms with Crippen molar-refractivity contribution in [1.82, 2.24) is 19.9 Å². The first-order chi connectivity index (χ1) is 14.4. The second-order valence-corrected chi connectivity index (χ2v) is 10.4. The zero-order valence-electron chi connectivity index (χ0n) is 17.5. The molecule has 0 aromatic carbocycles. The summed E-state index contributed by atoms with van der Waals surface area (Å²) in [5.41, 5.74) is 2.28. The number of hydrogen-bond acceptors (Lipinski definition) is 7. The molecule has 2 N–H and O–H groups in total. The number of carbonyl (C=O) groups excluding carboxylic acids is 1. The predicted molar refractivity (Wildman–Crippen MR) is 111 cm³/mol. The van der Waals surface area contributed by atoms with Crippen LogP contribution in [0, 0.1) is 5.92 Å². The molecule has 1 aromatic heterocycles. The van der Waals surface area contributed by atoms with E-state index in [1.54, 1.807) is 5.48 Å². The number of amides is 1. The van der Waals surface area contributed by atoms with Gasteiger partial charge in [0.2, 0.25) is 15.9 Å². The summed E-state index contributed by atoms with van der Waals surface area (Å²) in [4.78, 5) is 16.2. The molecule has 30 heavy (non-hydrogen) atoms. The van der Waals surface area contributed by atoms with Crippen molar-refractivity contribution >= 4 is 21.5 Å². The molecule has 9 nitrogen and oxygen atoms in total. The molecule has 0 atom stereocenters. The van der Waals surface area contributed by atoms with Gasteiger partial charge in [0.05, 0.1) is 12.7 Å². The fourth-order valence-electron chi connectivity index (χ4n) is 4.39. The quantitative estimate of drug-likeness (QED) is 0.470. The van der Waals surface area contributed by atoms with Crippen molar-refractivity contribution in [2.45, 2.75) is 70.1 Å². The molecule has 0 unspecified atom stereocenters. The monoisotopic (exact) mass is 440 g/mol.